The second kappa shape index (κ2) is 8.98. The van der Waals surface area contributed by atoms with Crippen LogP contribution in [0.25, 0.3) is 0 Å². The molecule has 0 unspecified atom stereocenters. The number of thiazole rings is 1. The van der Waals surface area contributed by atoms with Crippen LogP contribution in [0.15, 0.2) is 5.38 Å². The van der Waals surface area contributed by atoms with E-state index in [1.54, 1.807) is 24.3 Å². The van der Waals surface area contributed by atoms with E-state index >= 15 is 0 Å². The van der Waals surface area contributed by atoms with Crippen molar-refractivity contribution in [3.8, 4) is 0 Å². The molecule has 1 aliphatic carbocycles. The molecular formula is C16H24N2O4S. The third kappa shape index (κ3) is 5.00. The summed E-state index contributed by atoms with van der Waals surface area (Å²) in [5.41, 5.74) is 0.312. The van der Waals surface area contributed by atoms with Crippen LogP contribution in [0.4, 0.5) is 0 Å². The molecule has 1 aromatic rings. The zero-order chi connectivity index (χ0) is 16.7. The lowest BCUT2D eigenvalue weighted by Crippen LogP contribution is -2.37. The first-order valence-corrected chi connectivity index (χ1v) is 8.93. The number of amides is 1. The van der Waals surface area contributed by atoms with Gasteiger partial charge in [-0.1, -0.05) is 12.8 Å². The van der Waals surface area contributed by atoms with Crippen molar-refractivity contribution in [1.82, 2.24) is 9.88 Å². The maximum atomic E-state index is 12.7. The first kappa shape index (κ1) is 17.9. The average Bonchev–Trinajstić information content (AvgIpc) is 3.22. The lowest BCUT2D eigenvalue weighted by Gasteiger charge is -2.24. The van der Waals surface area contributed by atoms with Crippen LogP contribution in [0.5, 0.6) is 0 Å². The third-order valence-electron chi connectivity index (χ3n) is 3.94. The van der Waals surface area contributed by atoms with Crippen LogP contribution in [-0.4, -0.2) is 48.6 Å². The van der Waals surface area contributed by atoms with Crippen LogP contribution < -0.4 is 0 Å². The Labute approximate surface area is 140 Å². The largest absolute Gasteiger partial charge is 0.461 e. The monoisotopic (exact) mass is 340 g/mol. The van der Waals surface area contributed by atoms with Gasteiger partial charge in [-0.3, -0.25) is 4.79 Å². The maximum absolute atomic E-state index is 12.7. The predicted octanol–water partition coefficient (Wildman–Crippen LogP) is 2.49. The van der Waals surface area contributed by atoms with Gasteiger partial charge in [0.2, 0.25) is 5.91 Å². The summed E-state index contributed by atoms with van der Waals surface area (Å²) in [4.78, 5) is 30.4. The fourth-order valence-electron chi connectivity index (χ4n) is 2.75. The smallest absolute Gasteiger partial charge is 0.357 e. The molecule has 1 saturated carbocycles. The Bertz CT molecular complexity index is 526. The zero-order valence-electron chi connectivity index (χ0n) is 13.7. The molecule has 0 radical (unpaired) electrons. The number of esters is 1. The number of carbonyl (C=O) groups excluding carboxylic acids is 2. The molecule has 1 aromatic heterocycles. The van der Waals surface area contributed by atoms with E-state index in [2.05, 4.69) is 4.98 Å². The van der Waals surface area contributed by atoms with Crippen molar-refractivity contribution >= 4 is 23.2 Å². The third-order valence-corrected chi connectivity index (χ3v) is 4.78. The van der Waals surface area contributed by atoms with Gasteiger partial charge >= 0.3 is 5.97 Å². The Morgan fingerprint density at radius 1 is 1.39 bits per heavy atom. The maximum Gasteiger partial charge on any atom is 0.357 e. The number of methoxy groups -OCH3 is 1. The van der Waals surface area contributed by atoms with E-state index < -0.39 is 5.97 Å². The van der Waals surface area contributed by atoms with Crippen molar-refractivity contribution in [1.29, 1.82) is 0 Å². The SMILES string of the molecule is CCOC(=O)c1csc(CN(CCOC)C(=O)C2CCCC2)n1. The Hall–Kier alpha value is -1.47. The molecule has 128 valence electrons. The van der Waals surface area contributed by atoms with E-state index in [-0.39, 0.29) is 11.8 Å². The highest BCUT2D eigenvalue weighted by molar-refractivity contribution is 7.09. The van der Waals surface area contributed by atoms with Gasteiger partial charge in [0.15, 0.2) is 5.69 Å². The number of aromatic nitrogens is 1. The molecule has 0 atom stereocenters. The molecule has 1 amide bonds. The van der Waals surface area contributed by atoms with Crippen LogP contribution in [-0.2, 0) is 20.8 Å². The Balaban J connectivity index is 2.01. The molecule has 0 aliphatic heterocycles. The van der Waals surface area contributed by atoms with Gasteiger partial charge in [-0.25, -0.2) is 9.78 Å². The molecule has 1 fully saturated rings. The second-order valence-electron chi connectivity index (χ2n) is 5.58. The molecule has 1 aliphatic rings. The highest BCUT2D eigenvalue weighted by atomic mass is 32.1. The lowest BCUT2D eigenvalue weighted by molar-refractivity contribution is -0.136. The second-order valence-corrected chi connectivity index (χ2v) is 6.52. The van der Waals surface area contributed by atoms with Crippen molar-refractivity contribution in [2.75, 3.05) is 26.9 Å². The highest BCUT2D eigenvalue weighted by Crippen LogP contribution is 2.27. The van der Waals surface area contributed by atoms with Crippen molar-refractivity contribution in [3.63, 3.8) is 0 Å². The summed E-state index contributed by atoms with van der Waals surface area (Å²) in [5.74, 6) is -0.121. The van der Waals surface area contributed by atoms with Gasteiger partial charge in [-0.05, 0) is 19.8 Å². The van der Waals surface area contributed by atoms with E-state index in [1.165, 1.54) is 11.3 Å². The van der Waals surface area contributed by atoms with Gasteiger partial charge in [0.05, 0.1) is 19.8 Å². The zero-order valence-corrected chi connectivity index (χ0v) is 14.6. The molecule has 2 rings (SSSR count). The molecule has 0 bridgehead atoms. The van der Waals surface area contributed by atoms with Crippen LogP contribution in [0.1, 0.15) is 48.1 Å². The quantitative estimate of drug-likeness (QED) is 0.680. The number of ether oxygens (including phenoxy) is 2. The number of rotatable bonds is 8. The van der Waals surface area contributed by atoms with Crippen LogP contribution in [0, 0.1) is 5.92 Å². The van der Waals surface area contributed by atoms with Gasteiger partial charge in [0.1, 0.15) is 5.01 Å². The van der Waals surface area contributed by atoms with Gasteiger partial charge in [-0.15, -0.1) is 11.3 Å². The van der Waals surface area contributed by atoms with E-state index in [0.29, 0.717) is 32.0 Å². The van der Waals surface area contributed by atoms with Crippen molar-refractivity contribution < 1.29 is 19.1 Å². The lowest BCUT2D eigenvalue weighted by atomic mass is 10.1. The minimum Gasteiger partial charge on any atom is -0.461 e. The Morgan fingerprint density at radius 3 is 2.78 bits per heavy atom. The summed E-state index contributed by atoms with van der Waals surface area (Å²) < 4.78 is 10.1. The molecule has 7 heteroatoms. The molecule has 0 aromatic carbocycles. The van der Waals surface area contributed by atoms with Crippen molar-refractivity contribution in [2.45, 2.75) is 39.2 Å². The molecular weight excluding hydrogens is 316 g/mol. The average molecular weight is 340 g/mol. The first-order valence-electron chi connectivity index (χ1n) is 8.05. The Morgan fingerprint density at radius 2 is 2.13 bits per heavy atom. The number of hydrogen-bond donors (Lipinski definition) is 0. The molecule has 0 saturated heterocycles. The number of hydrogen-bond acceptors (Lipinski definition) is 6. The van der Waals surface area contributed by atoms with Crippen LogP contribution in [0.2, 0.25) is 0 Å². The topological polar surface area (TPSA) is 68.7 Å². The van der Waals surface area contributed by atoms with Gasteiger partial charge in [0.25, 0.3) is 0 Å². The summed E-state index contributed by atoms with van der Waals surface area (Å²) in [6, 6.07) is 0. The minimum absolute atomic E-state index is 0.122. The van der Waals surface area contributed by atoms with E-state index in [9.17, 15) is 9.59 Å². The fourth-order valence-corrected chi connectivity index (χ4v) is 3.52. The molecule has 0 N–H and O–H groups in total. The van der Waals surface area contributed by atoms with Crippen LogP contribution in [0.3, 0.4) is 0 Å². The van der Waals surface area contributed by atoms with E-state index in [4.69, 9.17) is 9.47 Å². The number of nitrogens with zero attached hydrogens (tertiary/aromatic N) is 2. The summed E-state index contributed by atoms with van der Waals surface area (Å²) in [7, 11) is 1.63. The standard InChI is InChI=1S/C16H24N2O4S/c1-3-22-16(20)13-11-23-14(17-13)10-18(8-9-21-2)15(19)12-6-4-5-7-12/h11-12H,3-10H2,1-2H3. The first-order chi connectivity index (χ1) is 11.2. The summed E-state index contributed by atoms with van der Waals surface area (Å²) in [6.07, 6.45) is 4.18. The fraction of sp³-hybridized carbons (Fsp3) is 0.688. The highest BCUT2D eigenvalue weighted by Gasteiger charge is 2.27. The van der Waals surface area contributed by atoms with E-state index in [0.717, 1.165) is 30.7 Å². The van der Waals surface area contributed by atoms with E-state index in [1.807, 2.05) is 0 Å². The van der Waals surface area contributed by atoms with Gasteiger partial charge in [0, 0.05) is 25.0 Å². The summed E-state index contributed by atoms with van der Waals surface area (Å²) in [5, 5.41) is 2.43. The summed E-state index contributed by atoms with van der Waals surface area (Å²) in [6.45, 7) is 3.54. The Kier molecular flexibility index (Phi) is 6.98. The van der Waals surface area contributed by atoms with Crippen molar-refractivity contribution in [3.05, 3.63) is 16.1 Å². The molecule has 23 heavy (non-hydrogen) atoms. The molecule has 0 spiro atoms. The van der Waals surface area contributed by atoms with Gasteiger partial charge < -0.3 is 14.4 Å². The van der Waals surface area contributed by atoms with Crippen LogP contribution >= 0.6 is 11.3 Å². The normalized spacial score (nSPS) is 14.9. The predicted molar refractivity (Wildman–Crippen MR) is 87.3 cm³/mol. The summed E-state index contributed by atoms with van der Waals surface area (Å²) >= 11 is 1.38. The van der Waals surface area contributed by atoms with Gasteiger partial charge in [-0.2, -0.15) is 0 Å². The number of carbonyl (C=O) groups is 2. The molecule has 1 heterocycles. The minimum atomic E-state index is -0.416. The molecule has 6 nitrogen and oxygen atoms in total. The van der Waals surface area contributed by atoms with Crippen molar-refractivity contribution in [2.24, 2.45) is 5.92 Å².